The van der Waals surface area contributed by atoms with Crippen molar-refractivity contribution >= 4 is 22.5 Å². The molecule has 0 spiro atoms. The summed E-state index contributed by atoms with van der Waals surface area (Å²) in [5.41, 5.74) is 9.35. The van der Waals surface area contributed by atoms with Crippen LogP contribution >= 0.6 is 0 Å². The maximum atomic E-state index is 13.5. The lowest BCUT2D eigenvalue weighted by molar-refractivity contribution is 0.102. The molecule has 0 bridgehead atoms. The Morgan fingerprint density at radius 2 is 1.50 bits per heavy atom. The number of ether oxygens (including phenoxy) is 2. The van der Waals surface area contributed by atoms with Crippen LogP contribution in [0.2, 0.25) is 0 Å². The minimum atomic E-state index is -0.182. The van der Waals surface area contributed by atoms with E-state index in [2.05, 4.69) is 71.8 Å². The van der Waals surface area contributed by atoms with Crippen molar-refractivity contribution < 1.29 is 14.3 Å². The molecule has 6 rings (SSSR count). The SMILES string of the molecule is COc1cc(NC(=O)c2cccc(Cc3ccc4c(c3)c(C)c(C)n4CC(C)CN3CCN(C)CC3)c2)cc(OC)c1-c1ccccc1. The molecule has 1 aliphatic heterocycles. The van der Waals surface area contributed by atoms with Crippen molar-refractivity contribution in [1.29, 1.82) is 0 Å². The number of hydrogen-bond acceptors (Lipinski definition) is 5. The Bertz CT molecular complexity index is 1860. The third-order valence-electron chi connectivity index (χ3n) is 9.79. The van der Waals surface area contributed by atoms with Crippen LogP contribution < -0.4 is 14.8 Å². The predicted molar refractivity (Wildman–Crippen MR) is 197 cm³/mol. The number of aryl methyl sites for hydroxylation is 1. The number of nitrogens with one attached hydrogen (secondary N) is 1. The van der Waals surface area contributed by atoms with E-state index in [-0.39, 0.29) is 5.91 Å². The van der Waals surface area contributed by atoms with E-state index < -0.39 is 0 Å². The lowest BCUT2D eigenvalue weighted by atomic mass is 10.0. The molecule has 1 unspecified atom stereocenters. The molecule has 1 fully saturated rings. The summed E-state index contributed by atoms with van der Waals surface area (Å²) >= 11 is 0. The first-order chi connectivity index (χ1) is 23.2. The number of likely N-dealkylation sites (N-methyl/N-ethyl adjacent to an activating group) is 1. The molecule has 1 aromatic heterocycles. The van der Waals surface area contributed by atoms with Gasteiger partial charge in [-0.1, -0.05) is 55.5 Å². The van der Waals surface area contributed by atoms with Gasteiger partial charge in [-0.25, -0.2) is 0 Å². The molecule has 250 valence electrons. The minimum absolute atomic E-state index is 0.182. The molecule has 1 atom stereocenters. The molecule has 4 aromatic carbocycles. The summed E-state index contributed by atoms with van der Waals surface area (Å²) in [6.07, 6.45) is 0.744. The molecule has 0 aliphatic carbocycles. The highest BCUT2D eigenvalue weighted by molar-refractivity contribution is 6.05. The fourth-order valence-corrected chi connectivity index (χ4v) is 7.02. The molecule has 48 heavy (non-hydrogen) atoms. The molecular formula is C41H48N4O3. The Morgan fingerprint density at radius 3 is 2.19 bits per heavy atom. The minimum Gasteiger partial charge on any atom is -0.496 e. The van der Waals surface area contributed by atoms with E-state index in [0.29, 0.717) is 28.7 Å². The molecule has 5 aromatic rings. The number of carbonyl (C=O) groups excluding carboxylic acids is 1. The van der Waals surface area contributed by atoms with Gasteiger partial charge < -0.3 is 29.2 Å². The Kier molecular flexibility index (Phi) is 10.2. The van der Waals surface area contributed by atoms with E-state index in [1.165, 1.54) is 27.7 Å². The van der Waals surface area contributed by atoms with Crippen LogP contribution in [0, 0.1) is 19.8 Å². The zero-order valence-electron chi connectivity index (χ0n) is 29.2. The molecule has 7 heteroatoms. The van der Waals surface area contributed by atoms with Gasteiger partial charge in [-0.15, -0.1) is 0 Å². The zero-order chi connectivity index (χ0) is 33.8. The number of fused-ring (bicyclic) bond motifs is 1. The lowest BCUT2D eigenvalue weighted by Gasteiger charge is -2.34. The molecule has 1 amide bonds. The van der Waals surface area contributed by atoms with Gasteiger partial charge in [0.2, 0.25) is 0 Å². The highest BCUT2D eigenvalue weighted by Crippen LogP contribution is 2.41. The smallest absolute Gasteiger partial charge is 0.255 e. The topological polar surface area (TPSA) is 59.0 Å². The van der Waals surface area contributed by atoms with Crippen molar-refractivity contribution in [3.8, 4) is 22.6 Å². The van der Waals surface area contributed by atoms with Crippen LogP contribution in [-0.2, 0) is 13.0 Å². The lowest BCUT2D eigenvalue weighted by Crippen LogP contribution is -2.46. The Hall–Kier alpha value is -4.59. The maximum absolute atomic E-state index is 13.5. The van der Waals surface area contributed by atoms with Crippen molar-refractivity contribution in [2.24, 2.45) is 5.92 Å². The predicted octanol–water partition coefficient (Wildman–Crippen LogP) is 7.67. The van der Waals surface area contributed by atoms with E-state index in [1.807, 2.05) is 60.7 Å². The number of benzene rings is 4. The monoisotopic (exact) mass is 644 g/mol. The van der Waals surface area contributed by atoms with Crippen LogP contribution in [0.3, 0.4) is 0 Å². The molecule has 1 N–H and O–H groups in total. The number of hydrogen-bond donors (Lipinski definition) is 1. The molecule has 0 radical (unpaired) electrons. The summed E-state index contributed by atoms with van der Waals surface area (Å²) in [4.78, 5) is 18.5. The van der Waals surface area contributed by atoms with Gasteiger partial charge in [0.15, 0.2) is 0 Å². The van der Waals surface area contributed by atoms with Crippen LogP contribution in [0.25, 0.3) is 22.0 Å². The van der Waals surface area contributed by atoms with E-state index in [4.69, 9.17) is 9.47 Å². The molecule has 2 heterocycles. The quantitative estimate of drug-likeness (QED) is 0.160. The van der Waals surface area contributed by atoms with Gasteiger partial charge in [0.05, 0.1) is 19.8 Å². The number of piperazine rings is 1. The fourth-order valence-electron chi connectivity index (χ4n) is 7.02. The second-order valence-electron chi connectivity index (χ2n) is 13.3. The van der Waals surface area contributed by atoms with E-state index in [0.717, 1.165) is 62.4 Å². The van der Waals surface area contributed by atoms with Crippen molar-refractivity contribution in [3.05, 3.63) is 113 Å². The van der Waals surface area contributed by atoms with Crippen molar-refractivity contribution in [2.75, 3.05) is 59.3 Å². The second kappa shape index (κ2) is 14.7. The van der Waals surface area contributed by atoms with Crippen molar-refractivity contribution in [1.82, 2.24) is 14.4 Å². The normalized spacial score (nSPS) is 14.6. The van der Waals surface area contributed by atoms with Gasteiger partial charge in [-0.2, -0.15) is 0 Å². The molecule has 1 saturated heterocycles. The van der Waals surface area contributed by atoms with Gasteiger partial charge in [-0.05, 0) is 79.8 Å². The van der Waals surface area contributed by atoms with Crippen LogP contribution in [0.15, 0.2) is 84.9 Å². The van der Waals surface area contributed by atoms with Crippen LogP contribution in [0.1, 0.15) is 39.7 Å². The molecule has 7 nitrogen and oxygen atoms in total. The summed E-state index contributed by atoms with van der Waals surface area (Å²) in [6, 6.07) is 28.4. The van der Waals surface area contributed by atoms with E-state index in [9.17, 15) is 4.79 Å². The Labute approximate surface area is 285 Å². The van der Waals surface area contributed by atoms with E-state index in [1.54, 1.807) is 14.2 Å². The first-order valence-electron chi connectivity index (χ1n) is 16.9. The first-order valence-corrected chi connectivity index (χ1v) is 16.9. The summed E-state index contributed by atoms with van der Waals surface area (Å²) in [5, 5.41) is 4.37. The number of methoxy groups -OCH3 is 2. The highest BCUT2D eigenvalue weighted by Gasteiger charge is 2.20. The molecular weight excluding hydrogens is 596 g/mol. The van der Waals surface area contributed by atoms with Gasteiger partial charge >= 0.3 is 0 Å². The first kappa shape index (κ1) is 33.3. The maximum Gasteiger partial charge on any atom is 0.255 e. The second-order valence-corrected chi connectivity index (χ2v) is 13.3. The number of rotatable bonds is 11. The van der Waals surface area contributed by atoms with Crippen LogP contribution in [0.4, 0.5) is 5.69 Å². The average Bonchev–Trinajstić information content (AvgIpc) is 3.33. The number of nitrogens with zero attached hydrogens (tertiary/aromatic N) is 3. The third-order valence-corrected chi connectivity index (χ3v) is 9.79. The Balaban J connectivity index is 1.16. The number of anilines is 1. The number of carbonyl (C=O) groups is 1. The summed E-state index contributed by atoms with van der Waals surface area (Å²) in [6.45, 7) is 13.6. The standard InChI is InChI=1S/C41H48N4O3/c1-28(26-44-19-17-43(4)18-20-44)27-45-30(3)29(2)36-23-32(15-16-37(36)45)21-31-11-10-14-34(22-31)41(46)42-35-24-38(47-5)40(39(25-35)48-6)33-12-8-7-9-13-33/h7-16,22-25,28H,17-21,26-27H2,1-6H3,(H,42,46). The van der Waals surface area contributed by atoms with E-state index >= 15 is 0 Å². The number of aromatic nitrogens is 1. The largest absolute Gasteiger partial charge is 0.496 e. The molecule has 1 aliphatic rings. The summed E-state index contributed by atoms with van der Waals surface area (Å²) < 4.78 is 14.0. The fraction of sp³-hybridized carbons (Fsp3) is 0.341. The Morgan fingerprint density at radius 1 is 0.812 bits per heavy atom. The summed E-state index contributed by atoms with van der Waals surface area (Å²) in [7, 11) is 5.46. The molecule has 0 saturated carbocycles. The average molecular weight is 645 g/mol. The van der Waals surface area contributed by atoms with Crippen molar-refractivity contribution in [3.63, 3.8) is 0 Å². The van der Waals surface area contributed by atoms with Crippen LogP contribution in [-0.4, -0.2) is 74.3 Å². The van der Waals surface area contributed by atoms with Gasteiger partial charge in [0.1, 0.15) is 11.5 Å². The van der Waals surface area contributed by atoms with Gasteiger partial charge in [0, 0.05) is 79.2 Å². The summed E-state index contributed by atoms with van der Waals surface area (Å²) in [5.74, 6) is 1.64. The van der Waals surface area contributed by atoms with Crippen molar-refractivity contribution in [2.45, 2.75) is 33.7 Å². The third kappa shape index (κ3) is 7.28. The highest BCUT2D eigenvalue weighted by atomic mass is 16.5. The zero-order valence-corrected chi connectivity index (χ0v) is 29.2. The van der Waals surface area contributed by atoms with Gasteiger partial charge in [0.25, 0.3) is 5.91 Å². The van der Waals surface area contributed by atoms with Crippen LogP contribution in [0.5, 0.6) is 11.5 Å². The van der Waals surface area contributed by atoms with Gasteiger partial charge in [-0.3, -0.25) is 4.79 Å². The number of amides is 1.